The van der Waals surface area contributed by atoms with E-state index in [0.717, 1.165) is 5.57 Å². The van der Waals surface area contributed by atoms with E-state index < -0.39 is 11.0 Å². The van der Waals surface area contributed by atoms with Crippen molar-refractivity contribution in [1.29, 1.82) is 0 Å². The predicted octanol–water partition coefficient (Wildman–Crippen LogP) is 1.12. The molecule has 0 aromatic carbocycles. The first-order valence-corrected chi connectivity index (χ1v) is 5.85. The first kappa shape index (κ1) is 13.9. The monoisotopic (exact) mass is 238 g/mol. The minimum Gasteiger partial charge on any atom is -0.459 e. The molecule has 0 saturated heterocycles. The van der Waals surface area contributed by atoms with Crippen LogP contribution in [-0.4, -0.2) is 24.7 Å². The van der Waals surface area contributed by atoms with Crippen molar-refractivity contribution in [3.8, 4) is 0 Å². The quantitative estimate of drug-likeness (QED) is 0.722. The number of hydrogen-bond acceptors (Lipinski definition) is 4. The fraction of sp³-hybridized carbons (Fsp3) is 0.615. The molecule has 96 valence electrons. The van der Waals surface area contributed by atoms with Gasteiger partial charge in [0.15, 0.2) is 0 Å². The van der Waals surface area contributed by atoms with Gasteiger partial charge in [0.1, 0.15) is 11.0 Å². The minimum absolute atomic E-state index is 0.243. The van der Waals surface area contributed by atoms with Crippen LogP contribution >= 0.6 is 0 Å². The van der Waals surface area contributed by atoms with E-state index in [-0.39, 0.29) is 12.5 Å². The van der Waals surface area contributed by atoms with Crippen LogP contribution in [0.25, 0.3) is 0 Å². The van der Waals surface area contributed by atoms with Crippen molar-refractivity contribution in [2.75, 3.05) is 13.1 Å². The van der Waals surface area contributed by atoms with Gasteiger partial charge >= 0.3 is 5.97 Å². The summed E-state index contributed by atoms with van der Waals surface area (Å²) in [4.78, 5) is 12.1. The van der Waals surface area contributed by atoms with E-state index in [2.05, 4.69) is 0 Å². The van der Waals surface area contributed by atoms with Crippen LogP contribution in [0.4, 0.5) is 0 Å². The van der Waals surface area contributed by atoms with Crippen LogP contribution in [0, 0.1) is 5.41 Å². The summed E-state index contributed by atoms with van der Waals surface area (Å²) < 4.78 is 5.41. The molecule has 1 atom stereocenters. The second-order valence-electron chi connectivity index (χ2n) is 5.38. The topological polar surface area (TPSA) is 78.3 Å². The van der Waals surface area contributed by atoms with Crippen LogP contribution in [0.1, 0.15) is 27.2 Å². The van der Waals surface area contributed by atoms with Crippen LogP contribution in [0.5, 0.6) is 0 Å². The molecule has 4 N–H and O–H groups in total. The fourth-order valence-corrected chi connectivity index (χ4v) is 1.63. The largest absolute Gasteiger partial charge is 0.459 e. The Morgan fingerprint density at radius 2 is 2.12 bits per heavy atom. The van der Waals surface area contributed by atoms with Crippen LogP contribution in [0.15, 0.2) is 23.8 Å². The fourth-order valence-electron chi connectivity index (χ4n) is 1.63. The number of carbonyl (C=O) groups excluding carboxylic acids is 1. The van der Waals surface area contributed by atoms with Gasteiger partial charge in [0.2, 0.25) is 0 Å². The molecule has 1 rings (SSSR count). The van der Waals surface area contributed by atoms with Crippen LogP contribution in [-0.2, 0) is 9.53 Å². The highest BCUT2D eigenvalue weighted by Gasteiger charge is 2.38. The first-order valence-electron chi connectivity index (χ1n) is 5.85. The number of ether oxygens (including phenoxy) is 1. The summed E-state index contributed by atoms with van der Waals surface area (Å²) in [7, 11) is 0. The molecule has 1 aliphatic carbocycles. The van der Waals surface area contributed by atoms with E-state index >= 15 is 0 Å². The lowest BCUT2D eigenvalue weighted by molar-refractivity contribution is -0.164. The number of hydrogen-bond donors (Lipinski definition) is 2. The Bertz CT molecular complexity index is 353. The second-order valence-corrected chi connectivity index (χ2v) is 5.38. The van der Waals surface area contributed by atoms with Gasteiger partial charge in [-0.25, -0.2) is 0 Å². The van der Waals surface area contributed by atoms with Gasteiger partial charge in [0, 0.05) is 13.1 Å². The van der Waals surface area contributed by atoms with E-state index in [4.69, 9.17) is 16.2 Å². The first-order chi connectivity index (χ1) is 7.83. The molecule has 17 heavy (non-hydrogen) atoms. The normalized spacial score (nSPS) is 24.4. The zero-order valence-electron chi connectivity index (χ0n) is 10.8. The van der Waals surface area contributed by atoms with E-state index in [0.29, 0.717) is 13.0 Å². The molecular weight excluding hydrogens is 216 g/mol. The highest BCUT2D eigenvalue weighted by atomic mass is 16.6. The third kappa shape index (κ3) is 3.41. The van der Waals surface area contributed by atoms with Crippen molar-refractivity contribution in [2.45, 2.75) is 32.8 Å². The van der Waals surface area contributed by atoms with Crippen molar-refractivity contribution < 1.29 is 9.53 Å². The third-order valence-electron chi connectivity index (χ3n) is 2.75. The zero-order chi connectivity index (χ0) is 13.1. The van der Waals surface area contributed by atoms with Crippen molar-refractivity contribution in [3.63, 3.8) is 0 Å². The summed E-state index contributed by atoms with van der Waals surface area (Å²) in [6.45, 7) is 6.27. The van der Waals surface area contributed by atoms with Crippen molar-refractivity contribution >= 4 is 5.97 Å². The molecule has 0 heterocycles. The number of allylic oxidation sites excluding steroid dienone is 1. The maximum Gasteiger partial charge on any atom is 0.318 e. The summed E-state index contributed by atoms with van der Waals surface area (Å²) in [5.41, 5.74) is 11.1. The van der Waals surface area contributed by atoms with E-state index in [1.54, 1.807) is 0 Å². The number of carbonyl (C=O) groups is 1. The van der Waals surface area contributed by atoms with Gasteiger partial charge in [-0.15, -0.1) is 0 Å². The Morgan fingerprint density at radius 3 is 2.47 bits per heavy atom. The van der Waals surface area contributed by atoms with Gasteiger partial charge in [0.25, 0.3) is 0 Å². The van der Waals surface area contributed by atoms with Crippen molar-refractivity contribution in [1.82, 2.24) is 0 Å². The number of rotatable bonds is 3. The van der Waals surface area contributed by atoms with Gasteiger partial charge in [-0.05, 0) is 32.8 Å². The van der Waals surface area contributed by atoms with Crippen LogP contribution < -0.4 is 11.5 Å². The van der Waals surface area contributed by atoms with Gasteiger partial charge in [-0.2, -0.15) is 0 Å². The molecule has 1 aliphatic rings. The molecule has 0 aromatic rings. The van der Waals surface area contributed by atoms with Gasteiger partial charge in [-0.3, -0.25) is 4.79 Å². The summed E-state index contributed by atoms with van der Waals surface area (Å²) in [6.07, 6.45) is 6.20. The van der Waals surface area contributed by atoms with E-state index in [9.17, 15) is 4.79 Å². The Kier molecular flexibility index (Phi) is 4.11. The average Bonchev–Trinajstić information content (AvgIpc) is 2.27. The molecule has 0 saturated carbocycles. The van der Waals surface area contributed by atoms with Crippen molar-refractivity contribution in [2.24, 2.45) is 16.9 Å². The lowest BCUT2D eigenvalue weighted by Gasteiger charge is -2.32. The number of esters is 1. The van der Waals surface area contributed by atoms with Crippen molar-refractivity contribution in [3.05, 3.63) is 23.8 Å². The molecule has 0 aliphatic heterocycles. The highest BCUT2D eigenvalue weighted by Crippen LogP contribution is 2.31. The summed E-state index contributed by atoms with van der Waals surface area (Å²) >= 11 is 0. The van der Waals surface area contributed by atoms with Crippen LogP contribution in [0.3, 0.4) is 0 Å². The summed E-state index contributed by atoms with van der Waals surface area (Å²) in [5, 5.41) is 0. The number of nitrogens with two attached hydrogens (primary N) is 2. The Morgan fingerprint density at radius 1 is 1.47 bits per heavy atom. The van der Waals surface area contributed by atoms with Crippen LogP contribution in [0.2, 0.25) is 0 Å². The molecule has 4 heteroatoms. The molecule has 0 bridgehead atoms. The second kappa shape index (κ2) is 5.02. The molecule has 0 radical (unpaired) electrons. The summed E-state index contributed by atoms with van der Waals surface area (Å²) in [5.74, 6) is -0.268. The molecule has 0 amide bonds. The Labute approximate surface area is 103 Å². The standard InChI is InChI=1S/C13H22N2O2/c1-12(2,3)17-11(16)13(9-15)6-4-10(8-14)5-7-13/h4-6H,7-9,14-15H2,1-3H3. The maximum absolute atomic E-state index is 12.1. The SMILES string of the molecule is CC(C)(C)OC(=O)C1(CN)C=CC(CN)=CC1. The lowest BCUT2D eigenvalue weighted by Crippen LogP contribution is -2.42. The molecular formula is C13H22N2O2. The average molecular weight is 238 g/mol. The van der Waals surface area contributed by atoms with Gasteiger partial charge in [-0.1, -0.05) is 18.2 Å². The van der Waals surface area contributed by atoms with E-state index in [1.165, 1.54) is 0 Å². The lowest BCUT2D eigenvalue weighted by atomic mass is 9.80. The smallest absolute Gasteiger partial charge is 0.318 e. The van der Waals surface area contributed by atoms with Gasteiger partial charge < -0.3 is 16.2 Å². The maximum atomic E-state index is 12.1. The minimum atomic E-state index is -0.730. The molecule has 0 spiro atoms. The highest BCUT2D eigenvalue weighted by molar-refractivity contribution is 5.80. The molecule has 1 unspecified atom stereocenters. The predicted molar refractivity (Wildman–Crippen MR) is 68.2 cm³/mol. The Hall–Kier alpha value is -1.13. The zero-order valence-corrected chi connectivity index (χ0v) is 10.8. The third-order valence-corrected chi connectivity index (χ3v) is 2.75. The summed E-state index contributed by atoms with van der Waals surface area (Å²) in [6, 6.07) is 0. The molecule has 0 aromatic heterocycles. The molecule has 4 nitrogen and oxygen atoms in total. The van der Waals surface area contributed by atoms with E-state index in [1.807, 2.05) is 39.0 Å². The molecule has 0 fully saturated rings. The Balaban J connectivity index is 2.83. The van der Waals surface area contributed by atoms with Gasteiger partial charge in [0.05, 0.1) is 0 Å².